The zero-order valence-electron chi connectivity index (χ0n) is 18.6. The first-order chi connectivity index (χ1) is 17.0. The number of morpholine rings is 1. The third-order valence-corrected chi connectivity index (χ3v) is 7.07. The molecule has 0 bridgehead atoms. The summed E-state index contributed by atoms with van der Waals surface area (Å²) in [4.78, 5) is 0. The molecule has 1 heterocycles. The van der Waals surface area contributed by atoms with Crippen LogP contribution in [0.4, 0.5) is 27.6 Å². The monoisotopic (exact) mass is 528 g/mol. The van der Waals surface area contributed by atoms with E-state index in [1.54, 1.807) is 24.3 Å². The van der Waals surface area contributed by atoms with Crippen LogP contribution in [0.3, 0.4) is 0 Å². The lowest BCUT2D eigenvalue weighted by Crippen LogP contribution is -2.49. The minimum Gasteiger partial charge on any atom is -0.406 e. The van der Waals surface area contributed by atoms with Crippen LogP contribution in [0.5, 0.6) is 5.75 Å². The van der Waals surface area contributed by atoms with Gasteiger partial charge in [0.15, 0.2) is 0 Å². The molecule has 0 aliphatic carbocycles. The van der Waals surface area contributed by atoms with Gasteiger partial charge in [-0.15, -0.1) is 13.2 Å². The number of alkyl halides is 3. The Hall–Kier alpha value is -3.22. The number of nitrogens with one attached hydrogen (secondary N) is 1. The van der Waals surface area contributed by atoms with Crippen molar-refractivity contribution in [2.75, 3.05) is 24.4 Å². The highest BCUT2D eigenvalue weighted by molar-refractivity contribution is 7.90. The molecule has 12 heteroatoms. The van der Waals surface area contributed by atoms with E-state index in [1.165, 1.54) is 24.3 Å². The van der Waals surface area contributed by atoms with Gasteiger partial charge in [-0.3, -0.25) is 4.72 Å². The Morgan fingerprint density at radius 1 is 0.889 bits per heavy atom. The smallest absolute Gasteiger partial charge is 0.406 e. The Kier molecular flexibility index (Phi) is 7.48. The lowest BCUT2D eigenvalue weighted by molar-refractivity contribution is -0.274. The van der Waals surface area contributed by atoms with Crippen molar-refractivity contribution in [2.24, 2.45) is 0 Å². The molecule has 1 atom stereocenters. The first-order valence-corrected chi connectivity index (χ1v) is 12.2. The van der Waals surface area contributed by atoms with Crippen LogP contribution in [0.25, 0.3) is 0 Å². The number of ether oxygens (including phenoxy) is 2. The van der Waals surface area contributed by atoms with Crippen LogP contribution in [-0.4, -0.2) is 44.9 Å². The summed E-state index contributed by atoms with van der Waals surface area (Å²) in [5, 5.41) is 0. The van der Waals surface area contributed by atoms with E-state index in [2.05, 4.69) is 9.46 Å². The molecule has 0 saturated carbocycles. The average Bonchev–Trinajstić information content (AvgIpc) is 2.82. The molecule has 0 aromatic heterocycles. The molecule has 1 unspecified atom stereocenters. The Balaban J connectivity index is 1.54. The SMILES string of the molecule is O=S(=O)(Nc1ccc(OC(F)(F)F)cc1)N1CCOC(C(c2ccc(F)cc2)c2ccc(F)cc2)C1. The van der Waals surface area contributed by atoms with E-state index in [0.717, 1.165) is 28.6 Å². The largest absolute Gasteiger partial charge is 0.573 e. The van der Waals surface area contributed by atoms with Gasteiger partial charge in [0.05, 0.1) is 18.4 Å². The van der Waals surface area contributed by atoms with E-state index < -0.39 is 46.0 Å². The molecule has 1 N–H and O–H groups in total. The molecule has 3 aromatic rings. The summed E-state index contributed by atoms with van der Waals surface area (Å²) >= 11 is 0. The molecule has 0 amide bonds. The Morgan fingerprint density at radius 2 is 1.42 bits per heavy atom. The van der Waals surface area contributed by atoms with Gasteiger partial charge < -0.3 is 9.47 Å². The van der Waals surface area contributed by atoms with Crippen LogP contribution in [0.15, 0.2) is 72.8 Å². The van der Waals surface area contributed by atoms with Gasteiger partial charge in [-0.25, -0.2) is 8.78 Å². The molecule has 1 fully saturated rings. The zero-order chi connectivity index (χ0) is 25.9. The fraction of sp³-hybridized carbons (Fsp3) is 0.250. The van der Waals surface area contributed by atoms with Gasteiger partial charge >= 0.3 is 16.6 Å². The first kappa shape index (κ1) is 25.9. The van der Waals surface area contributed by atoms with E-state index in [0.29, 0.717) is 11.1 Å². The second-order valence-corrected chi connectivity index (χ2v) is 9.70. The molecule has 1 aliphatic rings. The second-order valence-electron chi connectivity index (χ2n) is 8.03. The standard InChI is InChI=1S/C24H21F5N2O4S/c25-18-5-1-16(2-6-18)23(17-3-7-19(26)8-4-17)22-15-31(13-14-34-22)36(32,33)30-20-9-11-21(12-10-20)35-24(27,28)29/h1-12,22-23,30H,13-15H2. The van der Waals surface area contributed by atoms with Crippen molar-refractivity contribution in [1.82, 2.24) is 4.31 Å². The Bertz CT molecular complexity index is 1220. The number of benzene rings is 3. The molecule has 4 rings (SSSR count). The number of hydrogen-bond donors (Lipinski definition) is 1. The topological polar surface area (TPSA) is 67.9 Å². The van der Waals surface area contributed by atoms with Crippen molar-refractivity contribution < 1.29 is 39.8 Å². The van der Waals surface area contributed by atoms with E-state index in [9.17, 15) is 30.4 Å². The molecule has 36 heavy (non-hydrogen) atoms. The summed E-state index contributed by atoms with van der Waals surface area (Å²) in [6, 6.07) is 15.6. The number of hydrogen-bond acceptors (Lipinski definition) is 4. The fourth-order valence-corrected chi connectivity index (χ4v) is 5.19. The molecular weight excluding hydrogens is 507 g/mol. The summed E-state index contributed by atoms with van der Waals surface area (Å²) in [6.07, 6.45) is -5.55. The second kappa shape index (κ2) is 10.4. The van der Waals surface area contributed by atoms with E-state index in [-0.39, 0.29) is 25.4 Å². The van der Waals surface area contributed by atoms with Gasteiger partial charge in [-0.2, -0.15) is 12.7 Å². The highest BCUT2D eigenvalue weighted by Crippen LogP contribution is 2.33. The van der Waals surface area contributed by atoms with Crippen molar-refractivity contribution in [3.05, 3.63) is 95.6 Å². The molecule has 0 radical (unpaired) electrons. The van der Waals surface area contributed by atoms with E-state index >= 15 is 0 Å². The molecule has 192 valence electrons. The summed E-state index contributed by atoms with van der Waals surface area (Å²) in [5.74, 6) is -1.90. The first-order valence-electron chi connectivity index (χ1n) is 10.8. The van der Waals surface area contributed by atoms with Gasteiger partial charge in [-0.05, 0) is 59.7 Å². The van der Waals surface area contributed by atoms with Crippen LogP contribution in [0.2, 0.25) is 0 Å². The fourth-order valence-electron chi connectivity index (χ4n) is 3.97. The highest BCUT2D eigenvalue weighted by Gasteiger charge is 2.35. The van der Waals surface area contributed by atoms with Gasteiger partial charge in [0.1, 0.15) is 17.4 Å². The van der Waals surface area contributed by atoms with Gasteiger partial charge in [0.25, 0.3) is 0 Å². The minimum atomic E-state index is -4.87. The predicted octanol–water partition coefficient (Wildman–Crippen LogP) is 5.05. The molecule has 1 aliphatic heterocycles. The summed E-state index contributed by atoms with van der Waals surface area (Å²) in [6.45, 7) is 0.00745. The van der Waals surface area contributed by atoms with E-state index in [1.807, 2.05) is 0 Å². The molecule has 6 nitrogen and oxygen atoms in total. The maximum atomic E-state index is 13.5. The normalized spacial score (nSPS) is 17.2. The van der Waals surface area contributed by atoms with Crippen molar-refractivity contribution in [1.29, 1.82) is 0 Å². The summed E-state index contributed by atoms with van der Waals surface area (Å²) < 4.78 is 103. The van der Waals surface area contributed by atoms with Crippen molar-refractivity contribution in [3.63, 3.8) is 0 Å². The molecule has 1 saturated heterocycles. The van der Waals surface area contributed by atoms with Crippen molar-refractivity contribution in [2.45, 2.75) is 18.4 Å². The molecule has 0 spiro atoms. The Morgan fingerprint density at radius 3 is 1.92 bits per heavy atom. The predicted molar refractivity (Wildman–Crippen MR) is 122 cm³/mol. The van der Waals surface area contributed by atoms with Crippen LogP contribution >= 0.6 is 0 Å². The maximum absolute atomic E-state index is 13.5. The highest BCUT2D eigenvalue weighted by atomic mass is 32.2. The lowest BCUT2D eigenvalue weighted by Gasteiger charge is -2.36. The van der Waals surface area contributed by atoms with Gasteiger partial charge in [-0.1, -0.05) is 24.3 Å². The van der Waals surface area contributed by atoms with Crippen LogP contribution < -0.4 is 9.46 Å². The van der Waals surface area contributed by atoms with Crippen molar-refractivity contribution in [3.8, 4) is 5.75 Å². The average molecular weight is 528 g/mol. The summed E-state index contributed by atoms with van der Waals surface area (Å²) in [7, 11) is -4.11. The van der Waals surface area contributed by atoms with Crippen LogP contribution in [-0.2, 0) is 14.9 Å². The third kappa shape index (κ3) is 6.50. The van der Waals surface area contributed by atoms with Crippen molar-refractivity contribution >= 4 is 15.9 Å². The number of halogens is 5. The maximum Gasteiger partial charge on any atom is 0.573 e. The van der Waals surface area contributed by atoms with E-state index in [4.69, 9.17) is 4.74 Å². The van der Waals surface area contributed by atoms with Gasteiger partial charge in [0.2, 0.25) is 0 Å². The molecular formula is C24H21F5N2O4S. The Labute approximate surface area is 204 Å². The third-order valence-electron chi connectivity index (χ3n) is 5.56. The van der Waals surface area contributed by atoms with Gasteiger partial charge in [0, 0.05) is 19.0 Å². The number of rotatable bonds is 7. The molecule has 3 aromatic carbocycles. The number of nitrogens with zero attached hydrogens (tertiary/aromatic N) is 1. The quantitative estimate of drug-likeness (QED) is 0.436. The minimum absolute atomic E-state index is 0.0284. The lowest BCUT2D eigenvalue weighted by atomic mass is 9.86. The number of anilines is 1. The zero-order valence-corrected chi connectivity index (χ0v) is 19.4. The summed E-state index contributed by atoms with van der Waals surface area (Å²) in [5.41, 5.74) is 1.35. The van der Waals surface area contributed by atoms with Crippen LogP contribution in [0.1, 0.15) is 17.0 Å². The van der Waals surface area contributed by atoms with Crippen LogP contribution in [0, 0.1) is 11.6 Å².